The minimum absolute atomic E-state index is 0.106. The molecule has 0 aromatic carbocycles. The topological polar surface area (TPSA) is 29.1 Å². The van der Waals surface area contributed by atoms with Gasteiger partial charge in [0.25, 0.3) is 0 Å². The van der Waals surface area contributed by atoms with E-state index in [4.69, 9.17) is 11.6 Å². The molecule has 15 heavy (non-hydrogen) atoms. The first kappa shape index (κ1) is 12.6. The lowest BCUT2D eigenvalue weighted by molar-refractivity contribution is -0.153. The Morgan fingerprint density at radius 2 is 2.07 bits per heavy atom. The molecule has 0 bridgehead atoms. The second-order valence-electron chi connectivity index (χ2n) is 3.87. The number of carbonyl (C=O) groups excluding carboxylic acids is 1. The van der Waals surface area contributed by atoms with Crippen molar-refractivity contribution in [2.24, 2.45) is 5.92 Å². The molecule has 1 aliphatic carbocycles. The molecule has 2 atom stereocenters. The maximum atomic E-state index is 11.8. The van der Waals surface area contributed by atoms with Crippen LogP contribution in [-0.2, 0) is 4.79 Å². The molecule has 2 nitrogen and oxygen atoms in total. The molecule has 0 heterocycles. The summed E-state index contributed by atoms with van der Waals surface area (Å²) >= 11 is 5.84. The summed E-state index contributed by atoms with van der Waals surface area (Å²) in [5, 5.41) is 2.39. The van der Waals surface area contributed by atoms with Gasteiger partial charge in [-0.2, -0.15) is 13.2 Å². The molecule has 0 aromatic rings. The molecule has 1 fully saturated rings. The van der Waals surface area contributed by atoms with Crippen LogP contribution in [0.3, 0.4) is 0 Å². The molecule has 0 saturated heterocycles. The van der Waals surface area contributed by atoms with Gasteiger partial charge in [0, 0.05) is 11.9 Å². The van der Waals surface area contributed by atoms with Gasteiger partial charge < -0.3 is 5.32 Å². The minimum Gasteiger partial charge on any atom is -0.356 e. The van der Waals surface area contributed by atoms with Gasteiger partial charge in [0.15, 0.2) is 0 Å². The molecule has 1 aliphatic rings. The smallest absolute Gasteiger partial charge is 0.356 e. The highest BCUT2D eigenvalue weighted by Crippen LogP contribution is 2.28. The van der Waals surface area contributed by atoms with Gasteiger partial charge in [0.05, 0.1) is 0 Å². The zero-order valence-corrected chi connectivity index (χ0v) is 8.87. The Hall–Kier alpha value is -0.450. The monoisotopic (exact) mass is 243 g/mol. The fourth-order valence-electron chi connectivity index (χ4n) is 1.70. The fourth-order valence-corrected chi connectivity index (χ4v) is 2.08. The van der Waals surface area contributed by atoms with E-state index in [1.54, 1.807) is 0 Å². The van der Waals surface area contributed by atoms with Crippen LogP contribution in [0, 0.1) is 5.92 Å². The number of carbonyl (C=O) groups is 1. The van der Waals surface area contributed by atoms with Crippen LogP contribution < -0.4 is 5.32 Å². The summed E-state index contributed by atoms with van der Waals surface area (Å²) in [7, 11) is 0. The SMILES string of the molecule is O=C(CC(F)(F)F)NCC1CCC(Cl)C1. The summed E-state index contributed by atoms with van der Waals surface area (Å²) in [5.41, 5.74) is 0. The zero-order valence-electron chi connectivity index (χ0n) is 8.11. The summed E-state index contributed by atoms with van der Waals surface area (Å²) in [5.74, 6) is -0.731. The molecule has 0 radical (unpaired) electrons. The van der Waals surface area contributed by atoms with Gasteiger partial charge in [-0.15, -0.1) is 11.6 Å². The van der Waals surface area contributed by atoms with Crippen LogP contribution in [-0.4, -0.2) is 24.0 Å². The number of amides is 1. The van der Waals surface area contributed by atoms with Gasteiger partial charge in [0.1, 0.15) is 6.42 Å². The van der Waals surface area contributed by atoms with E-state index >= 15 is 0 Å². The highest BCUT2D eigenvalue weighted by Gasteiger charge is 2.31. The molecule has 1 amide bonds. The van der Waals surface area contributed by atoms with Crippen LogP contribution >= 0.6 is 11.6 Å². The molecule has 0 aromatic heterocycles. The third-order valence-electron chi connectivity index (χ3n) is 2.43. The van der Waals surface area contributed by atoms with Crippen LogP contribution in [0.1, 0.15) is 25.7 Å². The highest BCUT2D eigenvalue weighted by molar-refractivity contribution is 6.20. The lowest BCUT2D eigenvalue weighted by atomic mass is 10.1. The highest BCUT2D eigenvalue weighted by atomic mass is 35.5. The molecule has 6 heteroatoms. The van der Waals surface area contributed by atoms with E-state index in [9.17, 15) is 18.0 Å². The Morgan fingerprint density at radius 1 is 1.40 bits per heavy atom. The summed E-state index contributed by atoms with van der Waals surface area (Å²) in [4.78, 5) is 10.8. The van der Waals surface area contributed by atoms with Crippen LogP contribution in [0.25, 0.3) is 0 Å². The van der Waals surface area contributed by atoms with Crippen molar-refractivity contribution in [1.29, 1.82) is 0 Å². The third kappa shape index (κ3) is 5.25. The first-order valence-electron chi connectivity index (χ1n) is 4.84. The number of hydrogen-bond acceptors (Lipinski definition) is 1. The zero-order chi connectivity index (χ0) is 11.5. The first-order chi connectivity index (χ1) is 6.87. The molecule has 1 saturated carbocycles. The van der Waals surface area contributed by atoms with E-state index in [1.807, 2.05) is 0 Å². The Labute approximate surface area is 91.2 Å². The van der Waals surface area contributed by atoms with Gasteiger partial charge >= 0.3 is 6.18 Å². The first-order valence-corrected chi connectivity index (χ1v) is 5.28. The van der Waals surface area contributed by atoms with Gasteiger partial charge in [-0.3, -0.25) is 4.79 Å². The molecular formula is C9H13ClF3NO. The quantitative estimate of drug-likeness (QED) is 0.758. The number of halogens is 4. The standard InChI is InChI=1S/C9H13ClF3NO/c10-7-2-1-6(3-7)5-14-8(15)4-9(11,12)13/h6-7H,1-5H2,(H,14,15). The second-order valence-corrected chi connectivity index (χ2v) is 4.49. The number of hydrogen-bond donors (Lipinski definition) is 1. The van der Waals surface area contributed by atoms with Crippen molar-refractivity contribution in [3.8, 4) is 0 Å². The van der Waals surface area contributed by atoms with Crippen LogP contribution in [0.2, 0.25) is 0 Å². The average Bonchev–Trinajstić information content (AvgIpc) is 2.45. The largest absolute Gasteiger partial charge is 0.397 e. The fraction of sp³-hybridized carbons (Fsp3) is 0.889. The Morgan fingerprint density at radius 3 is 2.53 bits per heavy atom. The molecule has 1 rings (SSSR count). The van der Waals surface area contributed by atoms with E-state index in [1.165, 1.54) is 0 Å². The van der Waals surface area contributed by atoms with Crippen molar-refractivity contribution in [3.63, 3.8) is 0 Å². The molecule has 88 valence electrons. The number of alkyl halides is 4. The summed E-state index contributed by atoms with van der Waals surface area (Å²) in [6.45, 7) is 0.304. The van der Waals surface area contributed by atoms with Gasteiger partial charge in [0.2, 0.25) is 5.91 Å². The lowest BCUT2D eigenvalue weighted by Crippen LogP contribution is -2.32. The molecule has 0 spiro atoms. The molecule has 1 N–H and O–H groups in total. The van der Waals surface area contributed by atoms with Gasteiger partial charge in [-0.25, -0.2) is 0 Å². The molecule has 2 unspecified atom stereocenters. The average molecular weight is 244 g/mol. The van der Waals surface area contributed by atoms with Gasteiger partial charge in [-0.1, -0.05) is 0 Å². The van der Waals surface area contributed by atoms with Crippen molar-refractivity contribution < 1.29 is 18.0 Å². The van der Waals surface area contributed by atoms with E-state index < -0.39 is 18.5 Å². The van der Waals surface area contributed by atoms with Crippen molar-refractivity contribution in [1.82, 2.24) is 5.32 Å². The number of nitrogens with one attached hydrogen (secondary N) is 1. The van der Waals surface area contributed by atoms with E-state index in [2.05, 4.69) is 5.32 Å². The predicted octanol–water partition coefficient (Wildman–Crippen LogP) is 2.46. The van der Waals surface area contributed by atoms with E-state index in [0.29, 0.717) is 6.54 Å². The predicted molar refractivity (Wildman–Crippen MR) is 50.7 cm³/mol. The lowest BCUT2D eigenvalue weighted by Gasteiger charge is -2.11. The van der Waals surface area contributed by atoms with Crippen LogP contribution in [0.5, 0.6) is 0 Å². The van der Waals surface area contributed by atoms with Crippen LogP contribution in [0.15, 0.2) is 0 Å². The second kappa shape index (κ2) is 5.05. The Bertz CT molecular complexity index is 232. The summed E-state index contributed by atoms with van der Waals surface area (Å²) in [6.07, 6.45) is -3.30. The van der Waals surface area contributed by atoms with Crippen LogP contribution in [0.4, 0.5) is 13.2 Å². The van der Waals surface area contributed by atoms with Crippen molar-refractivity contribution >= 4 is 17.5 Å². The molecular weight excluding hydrogens is 231 g/mol. The molecule has 0 aliphatic heterocycles. The number of rotatable bonds is 3. The normalized spacial score (nSPS) is 26.7. The van der Waals surface area contributed by atoms with Gasteiger partial charge in [-0.05, 0) is 25.2 Å². The van der Waals surface area contributed by atoms with Crippen molar-refractivity contribution in [3.05, 3.63) is 0 Å². The maximum absolute atomic E-state index is 11.8. The Balaban J connectivity index is 2.17. The summed E-state index contributed by atoms with van der Waals surface area (Å²) < 4.78 is 35.4. The van der Waals surface area contributed by atoms with E-state index in [0.717, 1.165) is 19.3 Å². The minimum atomic E-state index is -4.42. The maximum Gasteiger partial charge on any atom is 0.397 e. The van der Waals surface area contributed by atoms with Crippen molar-refractivity contribution in [2.75, 3.05) is 6.54 Å². The van der Waals surface area contributed by atoms with E-state index in [-0.39, 0.29) is 11.3 Å². The Kier molecular flexibility index (Phi) is 4.25. The van der Waals surface area contributed by atoms with Crippen molar-refractivity contribution in [2.45, 2.75) is 37.2 Å². The summed E-state index contributed by atoms with van der Waals surface area (Å²) in [6, 6.07) is 0. The third-order valence-corrected chi connectivity index (χ3v) is 2.82.